The van der Waals surface area contributed by atoms with Crippen molar-refractivity contribution in [2.24, 2.45) is 5.92 Å². The number of nitrogens with one attached hydrogen (secondary N) is 1. The molecule has 130 valence electrons. The zero-order valence-corrected chi connectivity index (χ0v) is 13.7. The van der Waals surface area contributed by atoms with Gasteiger partial charge in [-0.3, -0.25) is 9.59 Å². The summed E-state index contributed by atoms with van der Waals surface area (Å²) in [5.74, 6) is 0.0807. The Labute approximate surface area is 148 Å². The van der Waals surface area contributed by atoms with Crippen molar-refractivity contribution in [3.05, 3.63) is 55.4 Å². The number of rotatable bonds is 4. The lowest BCUT2D eigenvalue weighted by atomic mass is 10.1. The van der Waals surface area contributed by atoms with E-state index in [2.05, 4.69) is 25.4 Å². The van der Waals surface area contributed by atoms with E-state index in [0.717, 1.165) is 5.69 Å². The normalized spacial score (nSPS) is 16.7. The van der Waals surface area contributed by atoms with Gasteiger partial charge in [-0.1, -0.05) is 18.2 Å². The third-order valence-electron chi connectivity index (χ3n) is 4.12. The van der Waals surface area contributed by atoms with Crippen molar-refractivity contribution in [1.82, 2.24) is 24.7 Å². The van der Waals surface area contributed by atoms with Crippen LogP contribution in [0.4, 0.5) is 11.5 Å². The van der Waals surface area contributed by atoms with E-state index in [0.29, 0.717) is 18.2 Å². The number of carbonyl (C=O) groups excluding carboxylic acids is 2. The fourth-order valence-corrected chi connectivity index (χ4v) is 2.84. The van der Waals surface area contributed by atoms with E-state index in [-0.39, 0.29) is 18.2 Å². The Kier molecular flexibility index (Phi) is 4.10. The SMILES string of the molecule is O=C(Nc1cc(-n2cncn2)ncn1)C1CC(=O)N(c2ccccc2)C1. The first-order valence-corrected chi connectivity index (χ1v) is 8.04. The highest BCUT2D eigenvalue weighted by atomic mass is 16.2. The lowest BCUT2D eigenvalue weighted by molar-refractivity contribution is -0.122. The molecule has 1 atom stereocenters. The fraction of sp³-hybridized carbons (Fsp3) is 0.176. The molecule has 1 aliphatic rings. The summed E-state index contributed by atoms with van der Waals surface area (Å²) >= 11 is 0. The number of hydrogen-bond donors (Lipinski definition) is 1. The summed E-state index contributed by atoms with van der Waals surface area (Å²) in [6.07, 6.45) is 4.40. The van der Waals surface area contributed by atoms with Gasteiger partial charge >= 0.3 is 0 Å². The molecule has 1 N–H and O–H groups in total. The van der Waals surface area contributed by atoms with Crippen LogP contribution in [0, 0.1) is 5.92 Å². The van der Waals surface area contributed by atoms with Crippen molar-refractivity contribution in [2.45, 2.75) is 6.42 Å². The van der Waals surface area contributed by atoms with Crippen LogP contribution in [-0.4, -0.2) is 43.1 Å². The number of amides is 2. The number of para-hydroxylation sites is 1. The molecular formula is C17H15N7O2. The van der Waals surface area contributed by atoms with Gasteiger partial charge in [0.1, 0.15) is 24.8 Å². The average Bonchev–Trinajstić information content (AvgIpc) is 3.32. The topological polar surface area (TPSA) is 106 Å². The largest absolute Gasteiger partial charge is 0.312 e. The van der Waals surface area contributed by atoms with Crippen molar-refractivity contribution >= 4 is 23.3 Å². The maximum absolute atomic E-state index is 12.5. The molecule has 1 saturated heterocycles. The van der Waals surface area contributed by atoms with Gasteiger partial charge in [-0.2, -0.15) is 5.10 Å². The van der Waals surface area contributed by atoms with Gasteiger partial charge < -0.3 is 10.2 Å². The van der Waals surface area contributed by atoms with Crippen LogP contribution in [0.5, 0.6) is 0 Å². The van der Waals surface area contributed by atoms with Gasteiger partial charge in [0, 0.05) is 24.7 Å². The van der Waals surface area contributed by atoms with Gasteiger partial charge in [0.25, 0.3) is 0 Å². The Bertz CT molecular complexity index is 927. The van der Waals surface area contributed by atoms with Crippen molar-refractivity contribution in [2.75, 3.05) is 16.8 Å². The fourth-order valence-electron chi connectivity index (χ4n) is 2.84. The van der Waals surface area contributed by atoms with Crippen LogP contribution in [0.25, 0.3) is 5.82 Å². The zero-order valence-electron chi connectivity index (χ0n) is 13.7. The van der Waals surface area contributed by atoms with Crippen molar-refractivity contribution in [3.63, 3.8) is 0 Å². The first-order valence-electron chi connectivity index (χ1n) is 8.04. The van der Waals surface area contributed by atoms with E-state index in [9.17, 15) is 9.59 Å². The molecule has 4 rings (SSSR count). The maximum atomic E-state index is 12.5. The van der Waals surface area contributed by atoms with E-state index in [1.807, 2.05) is 30.3 Å². The van der Waals surface area contributed by atoms with Crippen molar-refractivity contribution < 1.29 is 9.59 Å². The molecule has 2 amide bonds. The van der Waals surface area contributed by atoms with E-state index in [4.69, 9.17) is 0 Å². The van der Waals surface area contributed by atoms with E-state index in [1.54, 1.807) is 11.0 Å². The van der Waals surface area contributed by atoms with Crippen LogP contribution < -0.4 is 10.2 Å². The summed E-state index contributed by atoms with van der Waals surface area (Å²) in [7, 11) is 0. The third-order valence-corrected chi connectivity index (χ3v) is 4.12. The highest BCUT2D eigenvalue weighted by molar-refractivity contribution is 6.03. The highest BCUT2D eigenvalue weighted by Crippen LogP contribution is 2.25. The predicted octanol–water partition coefficient (Wildman–Crippen LogP) is 1.05. The molecule has 9 nitrogen and oxygen atoms in total. The molecule has 1 aromatic carbocycles. The molecule has 3 aromatic rings. The molecule has 1 unspecified atom stereocenters. The summed E-state index contributed by atoms with van der Waals surface area (Å²) in [4.78, 5) is 38.4. The minimum Gasteiger partial charge on any atom is -0.312 e. The molecule has 1 aliphatic heterocycles. The molecule has 9 heteroatoms. The van der Waals surface area contributed by atoms with Crippen LogP contribution in [0.1, 0.15) is 6.42 Å². The Morgan fingerprint density at radius 3 is 2.77 bits per heavy atom. The number of carbonyl (C=O) groups is 2. The van der Waals surface area contributed by atoms with Crippen molar-refractivity contribution in [1.29, 1.82) is 0 Å². The van der Waals surface area contributed by atoms with E-state index < -0.39 is 5.92 Å². The third kappa shape index (κ3) is 3.14. The Morgan fingerprint density at radius 1 is 1.15 bits per heavy atom. The number of nitrogens with zero attached hydrogens (tertiary/aromatic N) is 6. The van der Waals surface area contributed by atoms with Gasteiger partial charge in [-0.15, -0.1) is 0 Å². The van der Waals surface area contributed by atoms with Gasteiger partial charge in [0.05, 0.1) is 5.92 Å². The Hall–Kier alpha value is -3.62. The molecule has 0 aliphatic carbocycles. The summed E-state index contributed by atoms with van der Waals surface area (Å²) < 4.78 is 1.47. The van der Waals surface area contributed by atoms with Gasteiger partial charge in [-0.25, -0.2) is 19.6 Å². The van der Waals surface area contributed by atoms with E-state index in [1.165, 1.54) is 23.7 Å². The summed E-state index contributed by atoms with van der Waals surface area (Å²) in [5.41, 5.74) is 0.795. The maximum Gasteiger partial charge on any atom is 0.230 e. The number of benzene rings is 1. The zero-order chi connectivity index (χ0) is 17.9. The van der Waals surface area contributed by atoms with Crippen LogP contribution in [0.2, 0.25) is 0 Å². The quantitative estimate of drug-likeness (QED) is 0.755. The molecule has 1 fully saturated rings. The van der Waals surface area contributed by atoms with Crippen LogP contribution in [0.15, 0.2) is 55.4 Å². The van der Waals surface area contributed by atoms with Crippen LogP contribution in [0.3, 0.4) is 0 Å². The smallest absolute Gasteiger partial charge is 0.230 e. The molecule has 26 heavy (non-hydrogen) atoms. The molecule has 0 bridgehead atoms. The van der Waals surface area contributed by atoms with Crippen LogP contribution >= 0.6 is 0 Å². The molecular weight excluding hydrogens is 334 g/mol. The second kappa shape index (κ2) is 6.71. The molecule has 0 spiro atoms. The van der Waals surface area contributed by atoms with Crippen LogP contribution in [-0.2, 0) is 9.59 Å². The monoisotopic (exact) mass is 349 g/mol. The first kappa shape index (κ1) is 15.9. The standard InChI is InChI=1S/C17H15N7O2/c25-16-6-12(8-23(16)13-4-2-1-3-5-13)17(26)22-14-7-15(20-10-19-14)24-11-18-9-21-24/h1-5,7,9-12H,6,8H2,(H,19,20,22,26). The Morgan fingerprint density at radius 2 is 2.00 bits per heavy atom. The predicted molar refractivity (Wildman–Crippen MR) is 92.5 cm³/mol. The molecule has 2 aromatic heterocycles. The van der Waals surface area contributed by atoms with Crippen molar-refractivity contribution in [3.8, 4) is 5.82 Å². The lowest BCUT2D eigenvalue weighted by Gasteiger charge is -2.16. The second-order valence-corrected chi connectivity index (χ2v) is 5.83. The second-order valence-electron chi connectivity index (χ2n) is 5.83. The van der Waals surface area contributed by atoms with Gasteiger partial charge in [-0.05, 0) is 12.1 Å². The average molecular weight is 349 g/mol. The first-order chi connectivity index (χ1) is 12.7. The summed E-state index contributed by atoms with van der Waals surface area (Å²) in [6, 6.07) is 10.9. The lowest BCUT2D eigenvalue weighted by Crippen LogP contribution is -2.28. The van der Waals surface area contributed by atoms with Gasteiger partial charge in [0.2, 0.25) is 11.8 Å². The highest BCUT2D eigenvalue weighted by Gasteiger charge is 2.35. The number of aromatic nitrogens is 5. The molecule has 0 radical (unpaired) electrons. The summed E-state index contributed by atoms with van der Waals surface area (Å²) in [5, 5.41) is 6.74. The minimum atomic E-state index is -0.438. The number of anilines is 2. The summed E-state index contributed by atoms with van der Waals surface area (Å²) in [6.45, 7) is 0.343. The minimum absolute atomic E-state index is 0.0673. The Balaban J connectivity index is 1.46. The molecule has 3 heterocycles. The van der Waals surface area contributed by atoms with E-state index >= 15 is 0 Å². The molecule has 0 saturated carbocycles. The number of hydrogen-bond acceptors (Lipinski definition) is 6. The van der Waals surface area contributed by atoms with Gasteiger partial charge in [0.15, 0.2) is 5.82 Å².